The van der Waals surface area contributed by atoms with Crippen molar-refractivity contribution in [3.8, 4) is 5.75 Å². The van der Waals surface area contributed by atoms with Crippen LogP contribution in [-0.4, -0.2) is 18.9 Å². The fourth-order valence-corrected chi connectivity index (χ4v) is 2.40. The maximum Gasteiger partial charge on any atom is 0.349 e. The normalized spacial score (nSPS) is 10.3. The van der Waals surface area contributed by atoms with Crippen molar-refractivity contribution in [3.63, 3.8) is 0 Å². The summed E-state index contributed by atoms with van der Waals surface area (Å²) in [6.45, 7) is 0. The Kier molecular flexibility index (Phi) is 4.98. The van der Waals surface area contributed by atoms with Crippen LogP contribution in [0.4, 0.5) is 0 Å². The molecule has 2 amide bonds. The molecule has 0 radical (unpaired) electrons. The third-order valence-corrected chi connectivity index (χ3v) is 3.71. The van der Waals surface area contributed by atoms with Crippen molar-refractivity contribution in [1.29, 1.82) is 0 Å². The number of fused-ring (bicyclic) bond motifs is 1. The molecule has 0 saturated heterocycles. The van der Waals surface area contributed by atoms with Gasteiger partial charge in [0, 0.05) is 11.5 Å². The molecular formula is C19H16N2O5. The average molecular weight is 352 g/mol. The minimum Gasteiger partial charge on any atom is -0.497 e. The standard InChI is InChI=1S/C19H16N2O5/c1-25-14-8-7-13-10-15(19(24)26-16(13)11-14)18(23)21-20-17(22)9-12-5-3-2-4-6-12/h2-8,10-11H,9H2,1H3,(H,20,22)(H,21,23). The second-order valence-corrected chi connectivity index (χ2v) is 5.52. The summed E-state index contributed by atoms with van der Waals surface area (Å²) >= 11 is 0. The SMILES string of the molecule is COc1ccc2cc(C(=O)NNC(=O)Cc3ccccc3)c(=O)oc2c1. The molecule has 0 aliphatic rings. The first-order valence-electron chi connectivity index (χ1n) is 7.82. The van der Waals surface area contributed by atoms with E-state index in [1.165, 1.54) is 13.2 Å². The van der Waals surface area contributed by atoms with E-state index < -0.39 is 17.4 Å². The van der Waals surface area contributed by atoms with Gasteiger partial charge in [0.15, 0.2) is 0 Å². The van der Waals surface area contributed by atoms with E-state index in [4.69, 9.17) is 9.15 Å². The summed E-state index contributed by atoms with van der Waals surface area (Å²) in [6, 6.07) is 15.4. The molecule has 0 aliphatic carbocycles. The van der Waals surface area contributed by atoms with Gasteiger partial charge in [-0.2, -0.15) is 0 Å². The number of carbonyl (C=O) groups is 2. The van der Waals surface area contributed by atoms with Gasteiger partial charge in [-0.15, -0.1) is 0 Å². The molecule has 0 saturated carbocycles. The van der Waals surface area contributed by atoms with Crippen molar-refractivity contribution in [2.75, 3.05) is 7.11 Å². The van der Waals surface area contributed by atoms with Gasteiger partial charge in [-0.05, 0) is 23.8 Å². The van der Waals surface area contributed by atoms with E-state index in [0.29, 0.717) is 16.7 Å². The number of rotatable bonds is 4. The molecule has 132 valence electrons. The van der Waals surface area contributed by atoms with Crippen LogP contribution in [0, 0.1) is 0 Å². The van der Waals surface area contributed by atoms with Gasteiger partial charge in [-0.1, -0.05) is 30.3 Å². The van der Waals surface area contributed by atoms with Gasteiger partial charge < -0.3 is 9.15 Å². The molecule has 0 bridgehead atoms. The molecule has 2 aromatic carbocycles. The number of hydrazine groups is 1. The number of hydrogen-bond donors (Lipinski definition) is 2. The smallest absolute Gasteiger partial charge is 0.349 e. The zero-order chi connectivity index (χ0) is 18.5. The fourth-order valence-electron chi connectivity index (χ4n) is 2.40. The first-order valence-corrected chi connectivity index (χ1v) is 7.82. The van der Waals surface area contributed by atoms with Crippen LogP contribution in [-0.2, 0) is 11.2 Å². The Bertz CT molecular complexity index is 1010. The molecule has 0 atom stereocenters. The zero-order valence-corrected chi connectivity index (χ0v) is 13.9. The van der Waals surface area contributed by atoms with Crippen LogP contribution in [0.15, 0.2) is 63.8 Å². The fraction of sp³-hybridized carbons (Fsp3) is 0.105. The van der Waals surface area contributed by atoms with Gasteiger partial charge in [-0.25, -0.2) is 4.79 Å². The van der Waals surface area contributed by atoms with Crippen molar-refractivity contribution in [3.05, 3.63) is 76.1 Å². The van der Waals surface area contributed by atoms with E-state index in [1.807, 2.05) is 18.2 Å². The molecule has 1 heterocycles. The largest absolute Gasteiger partial charge is 0.497 e. The number of methoxy groups -OCH3 is 1. The molecule has 2 N–H and O–H groups in total. The molecule has 0 unspecified atom stereocenters. The first kappa shape index (κ1) is 17.2. The average Bonchev–Trinajstić information content (AvgIpc) is 2.66. The third-order valence-electron chi connectivity index (χ3n) is 3.71. The summed E-state index contributed by atoms with van der Waals surface area (Å²) in [5, 5.41) is 0.561. The summed E-state index contributed by atoms with van der Waals surface area (Å²) in [6.07, 6.45) is 0.104. The van der Waals surface area contributed by atoms with Gasteiger partial charge in [0.2, 0.25) is 5.91 Å². The second-order valence-electron chi connectivity index (χ2n) is 5.52. The van der Waals surface area contributed by atoms with E-state index in [0.717, 1.165) is 5.56 Å². The molecule has 1 aromatic heterocycles. The molecule has 0 spiro atoms. The van der Waals surface area contributed by atoms with Crippen LogP contribution < -0.4 is 21.2 Å². The lowest BCUT2D eigenvalue weighted by atomic mass is 10.1. The van der Waals surface area contributed by atoms with E-state index in [2.05, 4.69) is 10.9 Å². The van der Waals surface area contributed by atoms with Crippen LogP contribution in [0.25, 0.3) is 11.0 Å². The Morgan fingerprint density at radius 2 is 1.81 bits per heavy atom. The van der Waals surface area contributed by atoms with E-state index in [-0.39, 0.29) is 12.0 Å². The predicted molar refractivity (Wildman–Crippen MR) is 94.8 cm³/mol. The topological polar surface area (TPSA) is 97.6 Å². The molecule has 3 aromatic rings. The minimum absolute atomic E-state index is 0.104. The quantitative estimate of drug-likeness (QED) is 0.551. The van der Waals surface area contributed by atoms with Crippen molar-refractivity contribution in [2.45, 2.75) is 6.42 Å². The highest BCUT2D eigenvalue weighted by Crippen LogP contribution is 2.20. The van der Waals surface area contributed by atoms with Gasteiger partial charge in [0.1, 0.15) is 16.9 Å². The third kappa shape index (κ3) is 3.89. The number of carbonyl (C=O) groups excluding carboxylic acids is 2. The molecule has 0 fully saturated rings. The van der Waals surface area contributed by atoms with Crippen LogP contribution in [0.3, 0.4) is 0 Å². The monoisotopic (exact) mass is 352 g/mol. The van der Waals surface area contributed by atoms with Crippen LogP contribution >= 0.6 is 0 Å². The highest BCUT2D eigenvalue weighted by molar-refractivity contribution is 5.97. The maximum absolute atomic E-state index is 12.2. The molecule has 7 heteroatoms. The molecule has 0 aliphatic heterocycles. The van der Waals surface area contributed by atoms with Crippen molar-refractivity contribution < 1.29 is 18.7 Å². The predicted octanol–water partition coefficient (Wildman–Crippen LogP) is 1.81. The van der Waals surface area contributed by atoms with Gasteiger partial charge in [-0.3, -0.25) is 20.4 Å². The number of benzene rings is 2. The summed E-state index contributed by atoms with van der Waals surface area (Å²) in [5.74, 6) is -0.622. The lowest BCUT2D eigenvalue weighted by Gasteiger charge is -2.08. The number of ether oxygens (including phenoxy) is 1. The highest BCUT2D eigenvalue weighted by atomic mass is 16.5. The van der Waals surface area contributed by atoms with Crippen LogP contribution in [0.5, 0.6) is 5.75 Å². The number of nitrogens with one attached hydrogen (secondary N) is 2. The molecule has 3 rings (SSSR count). The van der Waals surface area contributed by atoms with Crippen LogP contribution in [0.1, 0.15) is 15.9 Å². The van der Waals surface area contributed by atoms with E-state index in [9.17, 15) is 14.4 Å². The molecular weight excluding hydrogens is 336 g/mol. The van der Waals surface area contributed by atoms with Gasteiger partial charge in [0.25, 0.3) is 5.91 Å². The van der Waals surface area contributed by atoms with Gasteiger partial charge in [0.05, 0.1) is 13.5 Å². The summed E-state index contributed by atoms with van der Waals surface area (Å²) in [5.41, 5.74) is 4.61. The van der Waals surface area contributed by atoms with Crippen LogP contribution in [0.2, 0.25) is 0 Å². The second kappa shape index (κ2) is 7.52. The van der Waals surface area contributed by atoms with Crippen molar-refractivity contribution >= 4 is 22.8 Å². The summed E-state index contributed by atoms with van der Waals surface area (Å²) < 4.78 is 10.2. The van der Waals surface area contributed by atoms with E-state index in [1.54, 1.807) is 30.3 Å². The Morgan fingerprint density at radius 3 is 2.54 bits per heavy atom. The maximum atomic E-state index is 12.2. The Labute approximate surface area is 148 Å². The zero-order valence-electron chi connectivity index (χ0n) is 13.9. The number of hydrogen-bond acceptors (Lipinski definition) is 5. The minimum atomic E-state index is -0.805. The lowest BCUT2D eigenvalue weighted by molar-refractivity contribution is -0.121. The Morgan fingerprint density at radius 1 is 1.04 bits per heavy atom. The van der Waals surface area contributed by atoms with Crippen molar-refractivity contribution in [2.24, 2.45) is 0 Å². The summed E-state index contributed by atoms with van der Waals surface area (Å²) in [4.78, 5) is 36.1. The highest BCUT2D eigenvalue weighted by Gasteiger charge is 2.15. The Hall–Kier alpha value is -3.61. The summed E-state index contributed by atoms with van der Waals surface area (Å²) in [7, 11) is 1.50. The molecule has 7 nitrogen and oxygen atoms in total. The Balaban J connectivity index is 1.70. The van der Waals surface area contributed by atoms with Crippen molar-refractivity contribution in [1.82, 2.24) is 10.9 Å². The lowest BCUT2D eigenvalue weighted by Crippen LogP contribution is -2.43. The van der Waals surface area contributed by atoms with E-state index >= 15 is 0 Å². The first-order chi connectivity index (χ1) is 12.6. The van der Waals surface area contributed by atoms with Gasteiger partial charge >= 0.3 is 5.63 Å². The number of amides is 2. The molecule has 26 heavy (non-hydrogen) atoms.